The average molecular weight is 308 g/mol. The molecule has 0 unspecified atom stereocenters. The standard InChI is InChI=1S/C15H12N6O2/c1-19-8-11(7-16)14(22)20(15(19)23)9-13-17-10-21(18-13)12-5-3-2-4-6-12/h2-6,8,10H,9H2,1H3. The van der Waals surface area contributed by atoms with E-state index in [-0.39, 0.29) is 12.1 Å². The van der Waals surface area contributed by atoms with Crippen LogP contribution in [0.25, 0.3) is 5.69 Å². The van der Waals surface area contributed by atoms with Crippen molar-refractivity contribution in [1.82, 2.24) is 23.9 Å². The maximum absolute atomic E-state index is 12.1. The molecular weight excluding hydrogens is 296 g/mol. The summed E-state index contributed by atoms with van der Waals surface area (Å²) in [6.45, 7) is -0.0964. The lowest BCUT2D eigenvalue weighted by atomic mass is 10.3. The number of para-hydroxylation sites is 1. The van der Waals surface area contributed by atoms with E-state index >= 15 is 0 Å². The van der Waals surface area contributed by atoms with Gasteiger partial charge in [-0.15, -0.1) is 5.10 Å². The van der Waals surface area contributed by atoms with E-state index in [9.17, 15) is 9.59 Å². The lowest BCUT2D eigenvalue weighted by Crippen LogP contribution is -2.40. The number of nitrogens with zero attached hydrogens (tertiary/aromatic N) is 6. The Morgan fingerprint density at radius 1 is 1.22 bits per heavy atom. The van der Waals surface area contributed by atoms with Crippen molar-refractivity contribution in [3.63, 3.8) is 0 Å². The van der Waals surface area contributed by atoms with E-state index in [4.69, 9.17) is 5.26 Å². The Bertz CT molecular complexity index is 1010. The molecule has 1 aromatic carbocycles. The minimum absolute atomic E-state index is 0.0964. The molecule has 2 aromatic heterocycles. The summed E-state index contributed by atoms with van der Waals surface area (Å²) in [4.78, 5) is 28.3. The van der Waals surface area contributed by atoms with Gasteiger partial charge in [-0.25, -0.2) is 14.5 Å². The summed E-state index contributed by atoms with van der Waals surface area (Å²) in [6.07, 6.45) is 2.73. The molecule has 3 rings (SSSR count). The van der Waals surface area contributed by atoms with Crippen LogP contribution in [0.2, 0.25) is 0 Å². The van der Waals surface area contributed by atoms with Crippen molar-refractivity contribution in [2.45, 2.75) is 6.54 Å². The Kier molecular flexibility index (Phi) is 3.60. The monoisotopic (exact) mass is 308 g/mol. The highest BCUT2D eigenvalue weighted by molar-refractivity contribution is 5.29. The molecular formula is C15H12N6O2. The first-order valence-electron chi connectivity index (χ1n) is 6.76. The number of hydrogen-bond acceptors (Lipinski definition) is 5. The maximum Gasteiger partial charge on any atom is 0.331 e. The van der Waals surface area contributed by atoms with Gasteiger partial charge in [0.05, 0.1) is 12.2 Å². The van der Waals surface area contributed by atoms with Crippen LogP contribution in [0.4, 0.5) is 0 Å². The largest absolute Gasteiger partial charge is 0.331 e. The third-order valence-electron chi connectivity index (χ3n) is 3.31. The molecule has 8 heteroatoms. The number of aromatic nitrogens is 5. The highest BCUT2D eigenvalue weighted by Crippen LogP contribution is 2.04. The van der Waals surface area contributed by atoms with Crippen LogP contribution >= 0.6 is 0 Å². The van der Waals surface area contributed by atoms with Crippen molar-refractivity contribution in [3.8, 4) is 11.8 Å². The lowest BCUT2D eigenvalue weighted by Gasteiger charge is -2.05. The number of aryl methyl sites for hydroxylation is 1. The molecule has 23 heavy (non-hydrogen) atoms. The van der Waals surface area contributed by atoms with Gasteiger partial charge >= 0.3 is 5.69 Å². The Morgan fingerprint density at radius 2 is 1.96 bits per heavy atom. The van der Waals surface area contributed by atoms with Crippen LogP contribution in [0.3, 0.4) is 0 Å². The predicted molar refractivity (Wildman–Crippen MR) is 81.1 cm³/mol. The third-order valence-corrected chi connectivity index (χ3v) is 3.31. The van der Waals surface area contributed by atoms with Gasteiger partial charge in [-0.2, -0.15) is 5.26 Å². The number of rotatable bonds is 3. The minimum Gasteiger partial charge on any atom is -0.302 e. The highest BCUT2D eigenvalue weighted by atomic mass is 16.2. The van der Waals surface area contributed by atoms with E-state index in [1.165, 1.54) is 24.1 Å². The molecule has 3 aromatic rings. The fourth-order valence-corrected chi connectivity index (χ4v) is 2.16. The summed E-state index contributed by atoms with van der Waals surface area (Å²) in [7, 11) is 1.48. The molecule has 0 saturated carbocycles. The summed E-state index contributed by atoms with van der Waals surface area (Å²) in [6, 6.07) is 11.1. The molecule has 114 valence electrons. The first-order chi connectivity index (χ1) is 11.1. The van der Waals surface area contributed by atoms with Gasteiger partial charge in [-0.05, 0) is 12.1 Å². The van der Waals surface area contributed by atoms with Gasteiger partial charge in [0.2, 0.25) is 0 Å². The second kappa shape index (κ2) is 5.73. The zero-order valence-corrected chi connectivity index (χ0v) is 12.2. The molecule has 0 aliphatic heterocycles. The molecule has 2 heterocycles. The summed E-state index contributed by atoms with van der Waals surface area (Å²) >= 11 is 0. The Labute approximate surface area is 130 Å². The highest BCUT2D eigenvalue weighted by Gasteiger charge is 2.12. The molecule has 0 aliphatic carbocycles. The fraction of sp³-hybridized carbons (Fsp3) is 0.133. The minimum atomic E-state index is -0.647. The first kappa shape index (κ1) is 14.5. The molecule has 0 radical (unpaired) electrons. The van der Waals surface area contributed by atoms with Crippen molar-refractivity contribution in [2.24, 2.45) is 7.05 Å². The topological polar surface area (TPSA) is 98.5 Å². The zero-order valence-electron chi connectivity index (χ0n) is 12.2. The van der Waals surface area contributed by atoms with Gasteiger partial charge in [-0.3, -0.25) is 9.36 Å². The SMILES string of the molecule is Cn1cc(C#N)c(=O)n(Cc2ncn(-c3ccccc3)n2)c1=O. The second-order valence-electron chi connectivity index (χ2n) is 4.88. The Morgan fingerprint density at radius 3 is 2.65 bits per heavy atom. The van der Waals surface area contributed by atoms with E-state index in [2.05, 4.69) is 10.1 Å². The van der Waals surface area contributed by atoms with Crippen molar-refractivity contribution < 1.29 is 0 Å². The summed E-state index contributed by atoms with van der Waals surface area (Å²) in [5, 5.41) is 13.2. The molecule has 0 fully saturated rings. The lowest BCUT2D eigenvalue weighted by molar-refractivity contribution is 0.616. The molecule has 8 nitrogen and oxygen atoms in total. The molecule has 0 bridgehead atoms. The van der Waals surface area contributed by atoms with Crippen molar-refractivity contribution >= 4 is 0 Å². The van der Waals surface area contributed by atoms with Gasteiger partial charge in [0.15, 0.2) is 5.82 Å². The van der Waals surface area contributed by atoms with Crippen LogP contribution in [-0.2, 0) is 13.6 Å². The molecule has 0 aliphatic rings. The van der Waals surface area contributed by atoms with Crippen LogP contribution in [0.5, 0.6) is 0 Å². The van der Waals surface area contributed by atoms with E-state index in [0.717, 1.165) is 10.3 Å². The normalized spacial score (nSPS) is 10.4. The quantitative estimate of drug-likeness (QED) is 0.680. The fourth-order valence-electron chi connectivity index (χ4n) is 2.16. The maximum atomic E-state index is 12.1. The van der Waals surface area contributed by atoms with Crippen molar-refractivity contribution in [1.29, 1.82) is 5.26 Å². The Hall–Kier alpha value is -3.47. The molecule has 0 N–H and O–H groups in total. The summed E-state index contributed by atoms with van der Waals surface area (Å²) < 4.78 is 3.69. The molecule has 0 atom stereocenters. The summed E-state index contributed by atoms with van der Waals surface area (Å²) in [5.41, 5.74) is -0.455. The van der Waals surface area contributed by atoms with Crippen molar-refractivity contribution in [2.75, 3.05) is 0 Å². The van der Waals surface area contributed by atoms with Crippen LogP contribution in [0, 0.1) is 11.3 Å². The van der Waals surface area contributed by atoms with Crippen molar-refractivity contribution in [3.05, 3.63) is 75.1 Å². The average Bonchev–Trinajstić information content (AvgIpc) is 3.04. The molecule has 0 saturated heterocycles. The third kappa shape index (κ3) is 2.67. The van der Waals surface area contributed by atoms with Crippen LogP contribution < -0.4 is 11.2 Å². The number of benzene rings is 1. The van der Waals surface area contributed by atoms with Gasteiger partial charge < -0.3 is 4.57 Å². The zero-order chi connectivity index (χ0) is 16.4. The first-order valence-corrected chi connectivity index (χ1v) is 6.76. The van der Waals surface area contributed by atoms with Crippen LogP contribution in [0.15, 0.2) is 52.4 Å². The summed E-state index contributed by atoms with van der Waals surface area (Å²) in [5.74, 6) is 0.308. The van der Waals surface area contributed by atoms with Crippen LogP contribution in [0.1, 0.15) is 11.4 Å². The van der Waals surface area contributed by atoms with Gasteiger partial charge in [0.1, 0.15) is 18.0 Å². The van der Waals surface area contributed by atoms with Crippen LogP contribution in [-0.4, -0.2) is 23.9 Å². The molecule has 0 amide bonds. The second-order valence-corrected chi connectivity index (χ2v) is 4.88. The van der Waals surface area contributed by atoms with E-state index in [0.29, 0.717) is 5.82 Å². The van der Waals surface area contributed by atoms with Gasteiger partial charge in [-0.1, -0.05) is 18.2 Å². The van der Waals surface area contributed by atoms with E-state index < -0.39 is 11.2 Å². The predicted octanol–water partition coefficient (Wildman–Crippen LogP) is 0.0477. The van der Waals surface area contributed by atoms with Gasteiger partial charge in [0.25, 0.3) is 5.56 Å². The molecule has 0 spiro atoms. The smallest absolute Gasteiger partial charge is 0.302 e. The van der Waals surface area contributed by atoms with Gasteiger partial charge in [0, 0.05) is 13.2 Å². The van der Waals surface area contributed by atoms with E-state index in [1.807, 2.05) is 30.3 Å². The number of nitriles is 1. The number of hydrogen-bond donors (Lipinski definition) is 0. The Balaban J connectivity index is 2.00. The van der Waals surface area contributed by atoms with E-state index in [1.54, 1.807) is 10.8 Å².